The Hall–Kier alpha value is -2.98. The molecule has 3 aromatic rings. The molecule has 0 atom stereocenters. The normalized spacial score (nSPS) is 12.6. The number of hydrogen-bond acceptors (Lipinski definition) is 3. The van der Waals surface area contributed by atoms with Crippen LogP contribution in [-0.4, -0.2) is 19.6 Å². The lowest BCUT2D eigenvalue weighted by molar-refractivity contribution is -0.140. The van der Waals surface area contributed by atoms with Crippen LogP contribution in [-0.2, 0) is 19.4 Å². The molecule has 2 aromatic heterocycles. The summed E-state index contributed by atoms with van der Waals surface area (Å²) < 4.78 is 81.0. The summed E-state index contributed by atoms with van der Waals surface area (Å²) >= 11 is 0. The van der Waals surface area contributed by atoms with Crippen molar-refractivity contribution in [1.29, 1.82) is 0 Å². The summed E-state index contributed by atoms with van der Waals surface area (Å²) in [7, 11) is 1.54. The first-order valence-electron chi connectivity index (χ1n) is 7.12. The molecule has 0 aliphatic heterocycles. The number of nitrogens with two attached hydrogens (primary N) is 1. The van der Waals surface area contributed by atoms with E-state index in [2.05, 4.69) is 10.2 Å². The van der Waals surface area contributed by atoms with E-state index in [-0.39, 0.29) is 11.4 Å². The third-order valence-corrected chi connectivity index (χ3v) is 3.58. The number of nitrogen functional groups attached to an aromatic ring is 1. The summed E-state index contributed by atoms with van der Waals surface area (Å²) in [6.07, 6.45) is -8.16. The molecule has 0 aliphatic rings. The molecule has 11 heteroatoms. The number of alkyl halides is 6. The van der Waals surface area contributed by atoms with Crippen molar-refractivity contribution in [2.45, 2.75) is 12.4 Å². The lowest BCUT2D eigenvalue weighted by Gasteiger charge is -2.10. The summed E-state index contributed by atoms with van der Waals surface area (Å²) in [6, 6.07) is 4.86. The van der Waals surface area contributed by atoms with Crippen molar-refractivity contribution in [3.05, 3.63) is 47.8 Å². The van der Waals surface area contributed by atoms with Gasteiger partial charge in [-0.2, -0.15) is 41.2 Å². The summed E-state index contributed by atoms with van der Waals surface area (Å²) in [5.74, 6) is -0.455. The van der Waals surface area contributed by atoms with Gasteiger partial charge in [-0.1, -0.05) is 12.1 Å². The number of rotatable bonds is 2. The Morgan fingerprint density at radius 1 is 0.962 bits per heavy atom. The standard InChI is InChI=1S/C15H11F6N5/c1-25-6-5-10(23-25)26-13(22)11(12(24-26)15(19,20)21)8-3-2-4-9(7-8)14(16,17)18/h2-7H,22H2,1H3. The van der Waals surface area contributed by atoms with E-state index < -0.39 is 35.0 Å². The van der Waals surface area contributed by atoms with E-state index in [0.717, 1.165) is 22.9 Å². The maximum Gasteiger partial charge on any atom is 0.435 e. The summed E-state index contributed by atoms with van der Waals surface area (Å²) in [4.78, 5) is 0. The van der Waals surface area contributed by atoms with Gasteiger partial charge in [0.1, 0.15) is 5.82 Å². The molecule has 2 N–H and O–H groups in total. The van der Waals surface area contributed by atoms with E-state index in [1.165, 1.54) is 16.9 Å². The Labute approximate surface area is 142 Å². The van der Waals surface area contributed by atoms with Gasteiger partial charge in [-0.3, -0.25) is 4.68 Å². The van der Waals surface area contributed by atoms with Crippen LogP contribution in [0, 0.1) is 0 Å². The van der Waals surface area contributed by atoms with Crippen LogP contribution in [0.4, 0.5) is 32.2 Å². The fourth-order valence-electron chi connectivity index (χ4n) is 2.46. The lowest BCUT2D eigenvalue weighted by atomic mass is 10.0. The zero-order valence-corrected chi connectivity index (χ0v) is 13.1. The van der Waals surface area contributed by atoms with Crippen LogP contribution in [0.1, 0.15) is 11.3 Å². The molecular weight excluding hydrogens is 364 g/mol. The predicted octanol–water partition coefficient (Wildman–Crippen LogP) is 3.89. The molecule has 138 valence electrons. The Morgan fingerprint density at radius 2 is 1.65 bits per heavy atom. The molecule has 1 aromatic carbocycles. The molecule has 0 amide bonds. The van der Waals surface area contributed by atoms with Crippen molar-refractivity contribution < 1.29 is 26.3 Å². The molecule has 5 nitrogen and oxygen atoms in total. The minimum atomic E-state index is -4.92. The average molecular weight is 375 g/mol. The number of benzene rings is 1. The Balaban J connectivity index is 2.25. The summed E-state index contributed by atoms with van der Waals surface area (Å²) in [5.41, 5.74) is 2.35. The number of aryl methyl sites for hydroxylation is 1. The third kappa shape index (κ3) is 3.11. The van der Waals surface area contributed by atoms with Crippen LogP contribution in [0.25, 0.3) is 16.9 Å². The van der Waals surface area contributed by atoms with E-state index >= 15 is 0 Å². The van der Waals surface area contributed by atoms with Crippen LogP contribution in [0.15, 0.2) is 36.5 Å². The van der Waals surface area contributed by atoms with Crippen molar-refractivity contribution >= 4 is 5.82 Å². The van der Waals surface area contributed by atoms with Crippen molar-refractivity contribution in [3.63, 3.8) is 0 Å². The molecule has 0 saturated carbocycles. The molecule has 0 fully saturated rings. The first-order chi connectivity index (χ1) is 12.0. The van der Waals surface area contributed by atoms with E-state index in [9.17, 15) is 26.3 Å². The van der Waals surface area contributed by atoms with Crippen LogP contribution in [0.5, 0.6) is 0 Å². The van der Waals surface area contributed by atoms with Gasteiger partial charge in [0, 0.05) is 19.3 Å². The van der Waals surface area contributed by atoms with E-state index in [1.54, 1.807) is 7.05 Å². The summed E-state index contributed by atoms with van der Waals surface area (Å²) in [5, 5.41) is 7.36. The van der Waals surface area contributed by atoms with Crippen LogP contribution < -0.4 is 5.73 Å². The molecule has 3 rings (SSSR count). The van der Waals surface area contributed by atoms with Crippen molar-refractivity contribution in [2.75, 3.05) is 5.73 Å². The van der Waals surface area contributed by atoms with E-state index in [1.807, 2.05) is 0 Å². The predicted molar refractivity (Wildman–Crippen MR) is 80.2 cm³/mol. The van der Waals surface area contributed by atoms with Crippen LogP contribution in [0.2, 0.25) is 0 Å². The zero-order valence-electron chi connectivity index (χ0n) is 13.1. The number of hydrogen-bond donors (Lipinski definition) is 1. The highest BCUT2D eigenvalue weighted by atomic mass is 19.4. The van der Waals surface area contributed by atoms with Crippen molar-refractivity contribution in [1.82, 2.24) is 19.6 Å². The molecule has 0 radical (unpaired) electrons. The van der Waals surface area contributed by atoms with Gasteiger partial charge in [0.05, 0.1) is 11.1 Å². The monoisotopic (exact) mass is 375 g/mol. The molecule has 0 saturated heterocycles. The third-order valence-electron chi connectivity index (χ3n) is 3.58. The number of aromatic nitrogens is 4. The Kier molecular flexibility index (Phi) is 3.97. The summed E-state index contributed by atoms with van der Waals surface area (Å²) in [6.45, 7) is 0. The van der Waals surface area contributed by atoms with Gasteiger partial charge in [-0.05, 0) is 17.7 Å². The van der Waals surface area contributed by atoms with Gasteiger partial charge in [0.25, 0.3) is 0 Å². The van der Waals surface area contributed by atoms with Gasteiger partial charge >= 0.3 is 12.4 Å². The molecular formula is C15H11F6N5. The van der Waals surface area contributed by atoms with E-state index in [4.69, 9.17) is 5.73 Å². The van der Waals surface area contributed by atoms with Crippen LogP contribution in [0.3, 0.4) is 0 Å². The van der Waals surface area contributed by atoms with Gasteiger partial charge in [-0.15, -0.1) is 0 Å². The SMILES string of the molecule is Cn1ccc(-n2nc(C(F)(F)F)c(-c3cccc(C(F)(F)F)c3)c2N)n1. The van der Waals surface area contributed by atoms with Crippen molar-refractivity contribution in [3.8, 4) is 16.9 Å². The highest BCUT2D eigenvalue weighted by Crippen LogP contribution is 2.42. The van der Waals surface area contributed by atoms with Gasteiger partial charge < -0.3 is 5.73 Å². The van der Waals surface area contributed by atoms with Crippen LogP contribution >= 0.6 is 0 Å². The topological polar surface area (TPSA) is 61.7 Å². The van der Waals surface area contributed by atoms with E-state index in [0.29, 0.717) is 6.07 Å². The second kappa shape index (κ2) is 5.78. The fourth-order valence-corrected chi connectivity index (χ4v) is 2.46. The quantitative estimate of drug-likeness (QED) is 0.692. The number of nitrogens with zero attached hydrogens (tertiary/aromatic N) is 4. The average Bonchev–Trinajstić information content (AvgIpc) is 3.09. The first kappa shape index (κ1) is 17.8. The maximum absolute atomic E-state index is 13.4. The van der Waals surface area contributed by atoms with Gasteiger partial charge in [0.15, 0.2) is 11.5 Å². The fraction of sp³-hybridized carbons (Fsp3) is 0.200. The molecule has 0 spiro atoms. The highest BCUT2D eigenvalue weighted by Gasteiger charge is 2.40. The largest absolute Gasteiger partial charge is 0.435 e. The smallest absolute Gasteiger partial charge is 0.383 e. The second-order valence-electron chi connectivity index (χ2n) is 5.44. The minimum Gasteiger partial charge on any atom is -0.383 e. The van der Waals surface area contributed by atoms with Gasteiger partial charge in [0.2, 0.25) is 0 Å². The molecule has 0 unspecified atom stereocenters. The molecule has 0 bridgehead atoms. The Morgan fingerprint density at radius 3 is 2.19 bits per heavy atom. The molecule has 2 heterocycles. The molecule has 0 aliphatic carbocycles. The number of anilines is 1. The van der Waals surface area contributed by atoms with Crippen molar-refractivity contribution in [2.24, 2.45) is 7.05 Å². The second-order valence-corrected chi connectivity index (χ2v) is 5.44. The maximum atomic E-state index is 13.4. The number of halogens is 6. The minimum absolute atomic E-state index is 0.00808. The van der Waals surface area contributed by atoms with Gasteiger partial charge in [-0.25, -0.2) is 0 Å². The zero-order chi connectivity index (χ0) is 19.3. The highest BCUT2D eigenvalue weighted by molar-refractivity contribution is 5.78. The molecule has 26 heavy (non-hydrogen) atoms. The first-order valence-corrected chi connectivity index (χ1v) is 7.12. The lowest BCUT2D eigenvalue weighted by Crippen LogP contribution is -2.09. The Bertz CT molecular complexity index is 950.